The lowest BCUT2D eigenvalue weighted by Crippen LogP contribution is -2.23. The molecule has 9 heteroatoms. The molecule has 3 rings (SSSR count). The van der Waals surface area contributed by atoms with Gasteiger partial charge in [-0.3, -0.25) is 9.69 Å². The molecule has 1 amide bonds. The van der Waals surface area contributed by atoms with Gasteiger partial charge >= 0.3 is 0 Å². The Kier molecular flexibility index (Phi) is 8.06. The third kappa shape index (κ3) is 6.06. The van der Waals surface area contributed by atoms with Gasteiger partial charge < -0.3 is 9.88 Å². The lowest BCUT2D eigenvalue weighted by Gasteiger charge is -2.23. The molecule has 6 nitrogen and oxygen atoms in total. The van der Waals surface area contributed by atoms with Crippen molar-refractivity contribution < 1.29 is 9.18 Å². The lowest BCUT2D eigenvalue weighted by molar-refractivity contribution is -0.113. The van der Waals surface area contributed by atoms with Crippen LogP contribution in [0.5, 0.6) is 0 Å². The first-order chi connectivity index (χ1) is 14.9. The van der Waals surface area contributed by atoms with Crippen molar-refractivity contribution in [3.05, 3.63) is 70.8 Å². The Labute approximate surface area is 190 Å². The van der Waals surface area contributed by atoms with E-state index >= 15 is 0 Å². The van der Waals surface area contributed by atoms with Gasteiger partial charge in [-0.25, -0.2) is 4.39 Å². The maximum atomic E-state index is 13.9. The molecule has 1 unspecified atom stereocenters. The van der Waals surface area contributed by atoms with E-state index in [0.717, 1.165) is 17.8 Å². The largest absolute Gasteiger partial charge is 0.323 e. The fraction of sp³-hybridized carbons (Fsp3) is 0.318. The van der Waals surface area contributed by atoms with Crippen LogP contribution in [-0.2, 0) is 11.3 Å². The molecular formula is C22H25ClFN5OS. The molecule has 1 N–H and O–H groups in total. The number of carbonyl (C=O) groups is 1. The Morgan fingerprint density at radius 1 is 1.23 bits per heavy atom. The molecule has 31 heavy (non-hydrogen) atoms. The minimum atomic E-state index is -0.533. The number of nitrogens with one attached hydrogen (secondary N) is 1. The Hall–Kier alpha value is -2.42. The van der Waals surface area contributed by atoms with E-state index in [9.17, 15) is 9.18 Å². The van der Waals surface area contributed by atoms with Gasteiger partial charge in [0.2, 0.25) is 5.91 Å². The smallest absolute Gasteiger partial charge is 0.234 e. The van der Waals surface area contributed by atoms with E-state index in [1.807, 2.05) is 49.0 Å². The summed E-state index contributed by atoms with van der Waals surface area (Å²) in [5.41, 5.74) is 1.17. The van der Waals surface area contributed by atoms with Crippen molar-refractivity contribution in [2.24, 2.45) is 0 Å². The van der Waals surface area contributed by atoms with Crippen LogP contribution >= 0.6 is 23.4 Å². The molecule has 0 aliphatic heterocycles. The number of hydrogen-bond donors (Lipinski definition) is 1. The second-order valence-electron chi connectivity index (χ2n) is 7.26. The molecule has 164 valence electrons. The first-order valence-corrected chi connectivity index (χ1v) is 11.3. The topological polar surface area (TPSA) is 63.1 Å². The summed E-state index contributed by atoms with van der Waals surface area (Å²) in [6.07, 6.45) is 0.874. The van der Waals surface area contributed by atoms with Gasteiger partial charge in [0, 0.05) is 5.02 Å². The van der Waals surface area contributed by atoms with Crippen molar-refractivity contribution in [3.63, 3.8) is 0 Å². The van der Waals surface area contributed by atoms with Gasteiger partial charge in [-0.05, 0) is 44.3 Å². The fourth-order valence-electron chi connectivity index (χ4n) is 3.26. The normalized spacial score (nSPS) is 12.2. The Morgan fingerprint density at radius 3 is 2.65 bits per heavy atom. The SMILES string of the molecule is CCC(c1nnc(SCC(=O)Nc2cc(Cl)ccc2F)n1Cc1ccccc1)N(C)C. The second-order valence-corrected chi connectivity index (χ2v) is 8.64. The van der Waals surface area contributed by atoms with Crippen molar-refractivity contribution in [1.82, 2.24) is 19.7 Å². The quantitative estimate of drug-likeness (QED) is 0.461. The average molecular weight is 462 g/mol. The summed E-state index contributed by atoms with van der Waals surface area (Å²) in [6, 6.07) is 14.2. The van der Waals surface area contributed by atoms with Crippen molar-refractivity contribution in [2.45, 2.75) is 31.1 Å². The minimum Gasteiger partial charge on any atom is -0.323 e. The molecule has 0 bridgehead atoms. The van der Waals surface area contributed by atoms with Gasteiger partial charge in [0.15, 0.2) is 11.0 Å². The van der Waals surface area contributed by atoms with E-state index < -0.39 is 5.82 Å². The number of carbonyl (C=O) groups excluding carboxylic acids is 1. The number of thioether (sulfide) groups is 1. The third-order valence-electron chi connectivity index (χ3n) is 4.77. The van der Waals surface area contributed by atoms with E-state index in [2.05, 4.69) is 27.3 Å². The number of benzene rings is 2. The van der Waals surface area contributed by atoms with Crippen LogP contribution in [0.25, 0.3) is 0 Å². The summed E-state index contributed by atoms with van der Waals surface area (Å²) < 4.78 is 15.9. The van der Waals surface area contributed by atoms with Crippen molar-refractivity contribution in [1.29, 1.82) is 0 Å². The van der Waals surface area contributed by atoms with Crippen LogP contribution in [0.2, 0.25) is 5.02 Å². The summed E-state index contributed by atoms with van der Waals surface area (Å²) in [4.78, 5) is 14.5. The molecule has 3 aromatic rings. The highest BCUT2D eigenvalue weighted by atomic mass is 35.5. The molecule has 1 aromatic heterocycles. The fourth-order valence-corrected chi connectivity index (χ4v) is 4.17. The Bertz CT molecular complexity index is 1030. The molecule has 0 aliphatic carbocycles. The molecule has 2 aromatic carbocycles. The van der Waals surface area contributed by atoms with E-state index in [-0.39, 0.29) is 23.4 Å². The number of rotatable bonds is 9. The van der Waals surface area contributed by atoms with Crippen LogP contribution in [0.3, 0.4) is 0 Å². The zero-order valence-corrected chi connectivity index (χ0v) is 19.3. The van der Waals surface area contributed by atoms with Gasteiger partial charge in [0.1, 0.15) is 5.82 Å². The average Bonchev–Trinajstić information content (AvgIpc) is 3.12. The Morgan fingerprint density at radius 2 is 1.97 bits per heavy atom. The zero-order chi connectivity index (χ0) is 22.4. The number of nitrogens with zero attached hydrogens (tertiary/aromatic N) is 4. The predicted molar refractivity (Wildman–Crippen MR) is 123 cm³/mol. The molecule has 0 fully saturated rings. The van der Waals surface area contributed by atoms with Crippen molar-refractivity contribution in [3.8, 4) is 0 Å². The molecule has 0 saturated heterocycles. The third-order valence-corrected chi connectivity index (χ3v) is 5.97. The van der Waals surface area contributed by atoms with Crippen LogP contribution in [0.4, 0.5) is 10.1 Å². The standard InChI is InChI=1S/C22H25ClFN5OS/c1-4-19(28(2)3)21-26-27-22(29(21)13-15-8-6-5-7-9-15)31-14-20(30)25-18-12-16(23)10-11-17(18)24/h5-12,19H,4,13-14H2,1-3H3,(H,25,30). The van der Waals surface area contributed by atoms with Crippen LogP contribution in [0.15, 0.2) is 53.7 Å². The van der Waals surface area contributed by atoms with Crippen molar-refractivity contribution >= 4 is 35.0 Å². The summed E-state index contributed by atoms with van der Waals surface area (Å²) in [7, 11) is 4.02. The maximum absolute atomic E-state index is 13.9. The predicted octanol–water partition coefficient (Wildman–Crippen LogP) is 4.86. The molecule has 0 spiro atoms. The molecule has 0 radical (unpaired) electrons. The first-order valence-electron chi connectivity index (χ1n) is 9.90. The number of aromatic nitrogens is 3. The van der Waals surface area contributed by atoms with Gasteiger partial charge in [-0.2, -0.15) is 0 Å². The molecule has 0 aliphatic rings. The van der Waals surface area contributed by atoms with E-state index in [1.54, 1.807) is 0 Å². The number of hydrogen-bond acceptors (Lipinski definition) is 5. The van der Waals surface area contributed by atoms with E-state index in [0.29, 0.717) is 16.7 Å². The van der Waals surface area contributed by atoms with Gasteiger partial charge in [-0.1, -0.05) is 60.6 Å². The second kappa shape index (κ2) is 10.7. The molecule has 1 heterocycles. The van der Waals surface area contributed by atoms with Gasteiger partial charge in [-0.15, -0.1) is 10.2 Å². The number of amides is 1. The highest BCUT2D eigenvalue weighted by Crippen LogP contribution is 2.27. The molecule has 0 saturated carbocycles. The van der Waals surface area contributed by atoms with Crippen LogP contribution in [-0.4, -0.2) is 45.4 Å². The summed E-state index contributed by atoms with van der Waals surface area (Å²) >= 11 is 7.16. The van der Waals surface area contributed by atoms with Gasteiger partial charge in [0.25, 0.3) is 0 Å². The van der Waals surface area contributed by atoms with Crippen molar-refractivity contribution in [2.75, 3.05) is 25.2 Å². The minimum absolute atomic E-state index is 0.0585. The van der Waals surface area contributed by atoms with E-state index in [1.165, 1.54) is 30.0 Å². The van der Waals surface area contributed by atoms with Crippen LogP contribution in [0, 0.1) is 5.82 Å². The highest BCUT2D eigenvalue weighted by Gasteiger charge is 2.22. The molecular weight excluding hydrogens is 437 g/mol. The maximum Gasteiger partial charge on any atom is 0.234 e. The summed E-state index contributed by atoms with van der Waals surface area (Å²) in [6.45, 7) is 2.70. The zero-order valence-electron chi connectivity index (χ0n) is 17.7. The van der Waals surface area contributed by atoms with Gasteiger partial charge in [0.05, 0.1) is 24.0 Å². The monoisotopic (exact) mass is 461 g/mol. The molecule has 1 atom stereocenters. The highest BCUT2D eigenvalue weighted by molar-refractivity contribution is 7.99. The first kappa shape index (κ1) is 23.2. The summed E-state index contributed by atoms with van der Waals surface area (Å²) in [5.74, 6) is 0.0355. The Balaban J connectivity index is 1.79. The van der Waals surface area contributed by atoms with Crippen LogP contribution in [0.1, 0.15) is 30.8 Å². The van der Waals surface area contributed by atoms with Crippen LogP contribution < -0.4 is 5.32 Å². The number of anilines is 1. The lowest BCUT2D eigenvalue weighted by atomic mass is 10.2. The summed E-state index contributed by atoms with van der Waals surface area (Å²) in [5, 5.41) is 12.3. The number of halogens is 2. The van der Waals surface area contributed by atoms with E-state index in [4.69, 9.17) is 11.6 Å².